The standard InChI is InChI=1S/C29H32BrN3O2S2/c1-6-9-23-18(5)25-27(37-23)32-29(33(28(25)35)22-12-10-19(7-2)11-13-22)36-16-24(34)31-26-17(4)14-21(30)15-20(26)8-3/h10-15H,6-9,16H2,1-5H3,(H,31,34). The molecule has 4 aromatic rings. The monoisotopic (exact) mass is 597 g/mol. The van der Waals surface area contributed by atoms with Crippen LogP contribution in [0.2, 0.25) is 0 Å². The van der Waals surface area contributed by atoms with E-state index in [0.717, 1.165) is 63.1 Å². The van der Waals surface area contributed by atoms with Crippen molar-refractivity contribution in [1.82, 2.24) is 9.55 Å². The van der Waals surface area contributed by atoms with E-state index >= 15 is 0 Å². The summed E-state index contributed by atoms with van der Waals surface area (Å²) in [5.74, 6) is 0.0249. The fraction of sp³-hybridized carbons (Fsp3) is 0.345. The summed E-state index contributed by atoms with van der Waals surface area (Å²) in [7, 11) is 0. The summed E-state index contributed by atoms with van der Waals surface area (Å²) in [6.45, 7) is 10.3. The number of hydrogen-bond acceptors (Lipinski definition) is 5. The highest BCUT2D eigenvalue weighted by Gasteiger charge is 2.20. The van der Waals surface area contributed by atoms with Crippen LogP contribution in [0.4, 0.5) is 5.69 Å². The van der Waals surface area contributed by atoms with Gasteiger partial charge in [-0.3, -0.25) is 14.2 Å². The third-order valence-electron chi connectivity index (χ3n) is 6.47. The van der Waals surface area contributed by atoms with E-state index in [9.17, 15) is 9.59 Å². The van der Waals surface area contributed by atoms with Crippen molar-refractivity contribution in [3.05, 3.63) is 78.4 Å². The Morgan fingerprint density at radius 2 is 1.84 bits per heavy atom. The van der Waals surface area contributed by atoms with Crippen molar-refractivity contribution in [2.24, 2.45) is 0 Å². The van der Waals surface area contributed by atoms with Crippen molar-refractivity contribution in [3.63, 3.8) is 0 Å². The predicted molar refractivity (Wildman–Crippen MR) is 161 cm³/mol. The van der Waals surface area contributed by atoms with Gasteiger partial charge < -0.3 is 5.32 Å². The second kappa shape index (κ2) is 12.0. The lowest BCUT2D eigenvalue weighted by molar-refractivity contribution is -0.113. The molecule has 2 aromatic carbocycles. The van der Waals surface area contributed by atoms with Crippen molar-refractivity contribution in [2.45, 2.75) is 65.5 Å². The Morgan fingerprint density at radius 1 is 1.11 bits per heavy atom. The van der Waals surface area contributed by atoms with Gasteiger partial charge in [0.1, 0.15) is 4.83 Å². The molecule has 0 aliphatic heterocycles. The molecule has 2 heterocycles. The fourth-order valence-corrected chi connectivity index (χ4v) is 7.21. The van der Waals surface area contributed by atoms with Crippen molar-refractivity contribution < 1.29 is 4.79 Å². The van der Waals surface area contributed by atoms with Crippen LogP contribution in [-0.2, 0) is 24.1 Å². The number of hydrogen-bond donors (Lipinski definition) is 1. The molecule has 0 bridgehead atoms. The van der Waals surface area contributed by atoms with Crippen LogP contribution in [0.25, 0.3) is 15.9 Å². The zero-order valence-electron chi connectivity index (χ0n) is 21.9. The van der Waals surface area contributed by atoms with E-state index in [1.54, 1.807) is 15.9 Å². The van der Waals surface area contributed by atoms with Gasteiger partial charge in [-0.2, -0.15) is 0 Å². The molecular weight excluding hydrogens is 566 g/mol. The summed E-state index contributed by atoms with van der Waals surface area (Å²) in [4.78, 5) is 33.8. The first-order valence-corrected chi connectivity index (χ1v) is 15.2. The maximum atomic E-state index is 13.8. The molecule has 194 valence electrons. The second-order valence-corrected chi connectivity index (χ2v) is 12.0. The van der Waals surface area contributed by atoms with Crippen LogP contribution in [0, 0.1) is 13.8 Å². The number of aromatic nitrogens is 2. The van der Waals surface area contributed by atoms with Gasteiger partial charge in [0.2, 0.25) is 5.91 Å². The van der Waals surface area contributed by atoms with Crippen LogP contribution < -0.4 is 10.9 Å². The van der Waals surface area contributed by atoms with Crippen LogP contribution in [0.5, 0.6) is 0 Å². The minimum Gasteiger partial charge on any atom is -0.325 e. The molecule has 8 heteroatoms. The van der Waals surface area contributed by atoms with Gasteiger partial charge in [-0.15, -0.1) is 11.3 Å². The summed E-state index contributed by atoms with van der Waals surface area (Å²) < 4.78 is 2.66. The summed E-state index contributed by atoms with van der Waals surface area (Å²) in [6.07, 6.45) is 3.67. The van der Waals surface area contributed by atoms with Gasteiger partial charge in [-0.1, -0.05) is 67.0 Å². The number of nitrogens with zero attached hydrogens (tertiary/aromatic N) is 2. The van der Waals surface area contributed by atoms with E-state index in [2.05, 4.69) is 42.0 Å². The summed E-state index contributed by atoms with van der Waals surface area (Å²) >= 11 is 6.43. The number of carbonyl (C=O) groups excluding carboxylic acids is 1. The van der Waals surface area contributed by atoms with Crippen molar-refractivity contribution in [2.75, 3.05) is 11.1 Å². The third kappa shape index (κ3) is 5.86. The number of thiophene rings is 1. The number of rotatable bonds is 9. The Labute approximate surface area is 234 Å². The van der Waals surface area contributed by atoms with E-state index in [1.807, 2.05) is 50.2 Å². The van der Waals surface area contributed by atoms with Gasteiger partial charge in [0.15, 0.2) is 5.16 Å². The highest BCUT2D eigenvalue weighted by molar-refractivity contribution is 9.10. The molecule has 5 nitrogen and oxygen atoms in total. The lowest BCUT2D eigenvalue weighted by Crippen LogP contribution is -2.23. The van der Waals surface area contributed by atoms with E-state index < -0.39 is 0 Å². The Kier molecular flexibility index (Phi) is 8.93. The van der Waals surface area contributed by atoms with Gasteiger partial charge in [0.05, 0.1) is 16.8 Å². The first kappa shape index (κ1) is 27.6. The Hall–Kier alpha value is -2.42. The van der Waals surface area contributed by atoms with Crippen molar-refractivity contribution in [1.29, 1.82) is 0 Å². The first-order chi connectivity index (χ1) is 17.8. The van der Waals surface area contributed by atoms with E-state index in [0.29, 0.717) is 10.5 Å². The number of aryl methyl sites for hydroxylation is 5. The molecule has 0 radical (unpaired) electrons. The number of fused-ring (bicyclic) bond motifs is 1. The third-order valence-corrected chi connectivity index (χ3v) is 9.11. The van der Waals surface area contributed by atoms with Crippen molar-refractivity contribution in [3.8, 4) is 5.69 Å². The Morgan fingerprint density at radius 3 is 2.49 bits per heavy atom. The minimum absolute atomic E-state index is 0.0784. The number of halogens is 1. The largest absolute Gasteiger partial charge is 0.325 e. The van der Waals surface area contributed by atoms with Crippen LogP contribution in [0.3, 0.4) is 0 Å². The van der Waals surface area contributed by atoms with Crippen LogP contribution in [0.1, 0.15) is 54.3 Å². The molecule has 0 atom stereocenters. The molecule has 2 aromatic heterocycles. The molecule has 0 saturated carbocycles. The van der Waals surface area contributed by atoms with Gasteiger partial charge in [0.25, 0.3) is 5.56 Å². The maximum Gasteiger partial charge on any atom is 0.267 e. The summed E-state index contributed by atoms with van der Waals surface area (Å²) in [5.41, 5.74) is 5.85. The summed E-state index contributed by atoms with van der Waals surface area (Å²) in [5, 5.41) is 4.30. The maximum absolute atomic E-state index is 13.8. The number of carbonyl (C=O) groups is 1. The normalized spacial score (nSPS) is 11.3. The van der Waals surface area contributed by atoms with Gasteiger partial charge >= 0.3 is 0 Å². The molecule has 0 spiro atoms. The highest BCUT2D eigenvalue weighted by Crippen LogP contribution is 2.32. The Bertz CT molecular complexity index is 1510. The van der Waals surface area contributed by atoms with Gasteiger partial charge in [0, 0.05) is 15.0 Å². The van der Waals surface area contributed by atoms with Gasteiger partial charge in [-0.05, 0) is 79.6 Å². The SMILES string of the molecule is CCCc1sc2nc(SCC(=O)Nc3c(C)cc(Br)cc3CC)n(-c3ccc(CC)cc3)c(=O)c2c1C. The van der Waals surface area contributed by atoms with E-state index in [1.165, 1.54) is 22.2 Å². The molecule has 1 amide bonds. The molecule has 0 saturated heterocycles. The highest BCUT2D eigenvalue weighted by atomic mass is 79.9. The van der Waals surface area contributed by atoms with Crippen LogP contribution in [-0.4, -0.2) is 21.2 Å². The van der Waals surface area contributed by atoms with Gasteiger partial charge in [-0.25, -0.2) is 4.98 Å². The molecule has 0 aliphatic carbocycles. The quantitative estimate of drug-likeness (QED) is 0.159. The minimum atomic E-state index is -0.124. The zero-order valence-corrected chi connectivity index (χ0v) is 25.1. The predicted octanol–water partition coefficient (Wildman–Crippen LogP) is 7.63. The number of benzene rings is 2. The van der Waals surface area contributed by atoms with E-state index in [-0.39, 0.29) is 17.2 Å². The second-order valence-electron chi connectivity index (χ2n) is 9.08. The zero-order chi connectivity index (χ0) is 26.7. The molecule has 1 N–H and O–H groups in total. The molecule has 4 rings (SSSR count). The molecule has 0 aliphatic rings. The molecular formula is C29H32BrN3O2S2. The van der Waals surface area contributed by atoms with Crippen LogP contribution in [0.15, 0.2) is 50.8 Å². The van der Waals surface area contributed by atoms with E-state index in [4.69, 9.17) is 4.98 Å². The molecule has 37 heavy (non-hydrogen) atoms. The fourth-order valence-electron chi connectivity index (χ4n) is 4.46. The number of anilines is 1. The Balaban J connectivity index is 1.72. The van der Waals surface area contributed by atoms with Crippen LogP contribution >= 0.6 is 39.0 Å². The van der Waals surface area contributed by atoms with Crippen molar-refractivity contribution >= 4 is 60.8 Å². The molecule has 0 fully saturated rings. The first-order valence-electron chi connectivity index (χ1n) is 12.6. The average molecular weight is 599 g/mol. The summed E-state index contributed by atoms with van der Waals surface area (Å²) in [6, 6.07) is 12.0. The smallest absolute Gasteiger partial charge is 0.267 e. The molecule has 0 unspecified atom stereocenters. The number of nitrogens with one attached hydrogen (secondary N) is 1. The lowest BCUT2D eigenvalue weighted by atomic mass is 10.1. The average Bonchev–Trinajstić information content (AvgIpc) is 3.19. The number of amides is 1. The lowest BCUT2D eigenvalue weighted by Gasteiger charge is -2.15. The topological polar surface area (TPSA) is 64.0 Å². The number of thioether (sulfide) groups is 1.